The fourth-order valence-electron chi connectivity index (χ4n) is 2.39. The van der Waals surface area contributed by atoms with Crippen LogP contribution in [0.5, 0.6) is 0 Å². The smallest absolute Gasteiger partial charge is 0.316 e. The van der Waals surface area contributed by atoms with Gasteiger partial charge < -0.3 is 15.2 Å². The Morgan fingerprint density at radius 3 is 2.47 bits per heavy atom. The first-order chi connectivity index (χ1) is 14.3. The van der Waals surface area contributed by atoms with E-state index < -0.39 is 16.7 Å². The molecular weight excluding hydrogens is 437 g/mol. The molecule has 3 aromatic rings. The zero-order valence-electron chi connectivity index (χ0n) is 15.1. The van der Waals surface area contributed by atoms with Crippen LogP contribution in [0.4, 0.5) is 5.69 Å². The maximum Gasteiger partial charge on any atom is 0.316 e. The Labute approximate surface area is 179 Å². The standard InChI is InChI=1S/C18H13Cl2N5O5/c19-11-3-1-2-10(8-11)15-23-18(30-24-15)17(27)22-7-6-21-16(26)13-5-4-12(25(28)29)9-14(13)20/h1-5,8-9H,6-7H2,(H,21,26)(H,22,27). The fourth-order valence-corrected chi connectivity index (χ4v) is 2.84. The molecule has 0 spiro atoms. The van der Waals surface area contributed by atoms with Crippen LogP contribution < -0.4 is 10.6 Å². The molecule has 0 aliphatic heterocycles. The van der Waals surface area contributed by atoms with E-state index in [0.717, 1.165) is 6.07 Å². The van der Waals surface area contributed by atoms with Gasteiger partial charge in [-0.15, -0.1) is 0 Å². The highest BCUT2D eigenvalue weighted by atomic mass is 35.5. The average Bonchev–Trinajstić information content (AvgIpc) is 3.21. The first kappa shape index (κ1) is 21.2. The van der Waals surface area contributed by atoms with Gasteiger partial charge in [0.15, 0.2) is 0 Å². The molecule has 10 nitrogen and oxygen atoms in total. The molecule has 0 aliphatic carbocycles. The Morgan fingerprint density at radius 1 is 1.07 bits per heavy atom. The average molecular weight is 450 g/mol. The van der Waals surface area contributed by atoms with Crippen molar-refractivity contribution in [3.05, 3.63) is 74.1 Å². The minimum atomic E-state index is -0.613. The van der Waals surface area contributed by atoms with Crippen molar-refractivity contribution in [2.75, 3.05) is 13.1 Å². The highest BCUT2D eigenvalue weighted by Gasteiger charge is 2.17. The van der Waals surface area contributed by atoms with Crippen LogP contribution in [0.1, 0.15) is 21.0 Å². The number of amides is 2. The molecule has 3 rings (SSSR count). The summed E-state index contributed by atoms with van der Waals surface area (Å²) < 4.78 is 4.94. The monoisotopic (exact) mass is 449 g/mol. The minimum Gasteiger partial charge on any atom is -0.350 e. The lowest BCUT2D eigenvalue weighted by Crippen LogP contribution is -2.34. The van der Waals surface area contributed by atoms with Crippen molar-refractivity contribution in [3.63, 3.8) is 0 Å². The van der Waals surface area contributed by atoms with Crippen molar-refractivity contribution in [1.29, 1.82) is 0 Å². The molecule has 0 atom stereocenters. The van der Waals surface area contributed by atoms with Crippen molar-refractivity contribution in [2.45, 2.75) is 0 Å². The highest BCUT2D eigenvalue weighted by molar-refractivity contribution is 6.34. The van der Waals surface area contributed by atoms with Crippen LogP contribution in [0, 0.1) is 10.1 Å². The van der Waals surface area contributed by atoms with Gasteiger partial charge in [-0.1, -0.05) is 40.5 Å². The molecule has 2 amide bonds. The first-order valence-electron chi connectivity index (χ1n) is 8.45. The van der Waals surface area contributed by atoms with Gasteiger partial charge in [-0.3, -0.25) is 19.7 Å². The minimum absolute atomic E-state index is 0.0508. The molecular formula is C18H13Cl2N5O5. The fraction of sp³-hybridized carbons (Fsp3) is 0.111. The third kappa shape index (κ3) is 5.10. The number of carbonyl (C=O) groups excluding carboxylic acids is 2. The summed E-state index contributed by atoms with van der Waals surface area (Å²) in [5.74, 6) is -1.18. The molecule has 0 fully saturated rings. The van der Waals surface area contributed by atoms with Crippen molar-refractivity contribution in [2.24, 2.45) is 0 Å². The molecule has 0 aliphatic rings. The van der Waals surface area contributed by atoms with E-state index in [1.807, 2.05) is 0 Å². The number of nitro benzene ring substituents is 1. The zero-order chi connectivity index (χ0) is 21.7. The topological polar surface area (TPSA) is 140 Å². The number of hydrogen-bond acceptors (Lipinski definition) is 7. The maximum absolute atomic E-state index is 12.1. The Hall–Kier alpha value is -3.50. The summed E-state index contributed by atoms with van der Waals surface area (Å²) in [5.41, 5.74) is 0.453. The predicted octanol–water partition coefficient (Wildman–Crippen LogP) is 3.11. The van der Waals surface area contributed by atoms with Crippen LogP contribution in [0.2, 0.25) is 10.0 Å². The van der Waals surface area contributed by atoms with Gasteiger partial charge in [0.2, 0.25) is 5.82 Å². The van der Waals surface area contributed by atoms with E-state index in [4.69, 9.17) is 27.7 Å². The molecule has 0 unspecified atom stereocenters. The molecule has 2 N–H and O–H groups in total. The third-order valence-electron chi connectivity index (χ3n) is 3.81. The number of nitrogens with zero attached hydrogens (tertiary/aromatic N) is 3. The van der Waals surface area contributed by atoms with E-state index in [1.54, 1.807) is 24.3 Å². The summed E-state index contributed by atoms with van der Waals surface area (Å²) in [6.45, 7) is 0.150. The summed E-state index contributed by atoms with van der Waals surface area (Å²) >= 11 is 11.8. The van der Waals surface area contributed by atoms with E-state index in [2.05, 4.69) is 20.8 Å². The summed E-state index contributed by atoms with van der Waals surface area (Å²) in [6.07, 6.45) is 0. The molecule has 1 aromatic heterocycles. The summed E-state index contributed by atoms with van der Waals surface area (Å²) in [6, 6.07) is 10.3. The van der Waals surface area contributed by atoms with Gasteiger partial charge in [-0.05, 0) is 18.2 Å². The van der Waals surface area contributed by atoms with Crippen LogP contribution >= 0.6 is 23.2 Å². The molecule has 0 bridgehead atoms. The van der Waals surface area contributed by atoms with Crippen LogP contribution in [0.3, 0.4) is 0 Å². The van der Waals surface area contributed by atoms with Crippen molar-refractivity contribution in [3.8, 4) is 11.4 Å². The Bertz CT molecular complexity index is 1120. The van der Waals surface area contributed by atoms with E-state index in [-0.39, 0.29) is 41.1 Å². The normalized spacial score (nSPS) is 10.5. The van der Waals surface area contributed by atoms with Gasteiger partial charge in [0, 0.05) is 35.8 Å². The Balaban J connectivity index is 1.50. The second-order valence-electron chi connectivity index (χ2n) is 5.87. The Kier molecular flexibility index (Phi) is 6.60. The van der Waals surface area contributed by atoms with Gasteiger partial charge in [0.05, 0.1) is 15.5 Å². The SMILES string of the molecule is O=C(NCCNC(=O)c1ccc([N+](=O)[O-])cc1Cl)c1nc(-c2cccc(Cl)c2)no1. The van der Waals surface area contributed by atoms with Gasteiger partial charge in [0.1, 0.15) is 0 Å². The van der Waals surface area contributed by atoms with Crippen molar-refractivity contribution >= 4 is 40.7 Å². The first-order valence-corrected chi connectivity index (χ1v) is 9.20. The lowest BCUT2D eigenvalue weighted by molar-refractivity contribution is -0.384. The van der Waals surface area contributed by atoms with Crippen LogP contribution in [-0.2, 0) is 0 Å². The van der Waals surface area contributed by atoms with E-state index in [9.17, 15) is 19.7 Å². The lowest BCUT2D eigenvalue weighted by atomic mass is 10.2. The zero-order valence-corrected chi connectivity index (χ0v) is 16.6. The Morgan fingerprint density at radius 2 is 1.80 bits per heavy atom. The second-order valence-corrected chi connectivity index (χ2v) is 6.71. The number of hydrogen-bond donors (Lipinski definition) is 2. The molecule has 12 heteroatoms. The van der Waals surface area contributed by atoms with Gasteiger partial charge in [0.25, 0.3) is 11.6 Å². The summed E-state index contributed by atoms with van der Waals surface area (Å²) in [7, 11) is 0. The second kappa shape index (κ2) is 9.33. The number of benzene rings is 2. The maximum atomic E-state index is 12.1. The molecule has 0 radical (unpaired) electrons. The van der Waals surface area contributed by atoms with Gasteiger partial charge in [-0.25, -0.2) is 0 Å². The lowest BCUT2D eigenvalue weighted by Gasteiger charge is -2.07. The molecule has 0 saturated heterocycles. The number of non-ortho nitro benzene ring substituents is 1. The number of rotatable bonds is 7. The number of carbonyl (C=O) groups is 2. The van der Waals surface area contributed by atoms with E-state index in [0.29, 0.717) is 10.6 Å². The number of nitro groups is 1. The van der Waals surface area contributed by atoms with E-state index in [1.165, 1.54) is 12.1 Å². The number of aromatic nitrogens is 2. The summed E-state index contributed by atoms with van der Waals surface area (Å²) in [5, 5.41) is 19.9. The number of halogens is 2. The van der Waals surface area contributed by atoms with Crippen molar-refractivity contribution < 1.29 is 19.0 Å². The quantitative estimate of drug-likeness (QED) is 0.320. The van der Waals surface area contributed by atoms with E-state index >= 15 is 0 Å². The van der Waals surface area contributed by atoms with Crippen LogP contribution in [0.25, 0.3) is 11.4 Å². The van der Waals surface area contributed by atoms with Gasteiger partial charge >= 0.3 is 11.8 Å². The van der Waals surface area contributed by atoms with Gasteiger partial charge in [-0.2, -0.15) is 4.98 Å². The summed E-state index contributed by atoms with van der Waals surface area (Å²) in [4.78, 5) is 38.3. The highest BCUT2D eigenvalue weighted by Crippen LogP contribution is 2.22. The third-order valence-corrected chi connectivity index (χ3v) is 4.36. The predicted molar refractivity (Wildman–Crippen MR) is 108 cm³/mol. The molecule has 2 aromatic carbocycles. The molecule has 0 saturated carbocycles. The molecule has 1 heterocycles. The molecule has 154 valence electrons. The van der Waals surface area contributed by atoms with Crippen LogP contribution in [0.15, 0.2) is 47.0 Å². The molecule has 30 heavy (non-hydrogen) atoms. The van der Waals surface area contributed by atoms with Crippen molar-refractivity contribution in [1.82, 2.24) is 20.8 Å². The largest absolute Gasteiger partial charge is 0.350 e. The number of nitrogens with one attached hydrogen (secondary N) is 2. The van der Waals surface area contributed by atoms with Crippen LogP contribution in [-0.4, -0.2) is 40.0 Å².